The summed E-state index contributed by atoms with van der Waals surface area (Å²) < 4.78 is 42.1. The lowest BCUT2D eigenvalue weighted by molar-refractivity contribution is 0.0699. The Kier molecular flexibility index (Phi) is 10.6. The average Bonchev–Trinajstić information content (AvgIpc) is 2.86. The van der Waals surface area contributed by atoms with E-state index in [1.165, 1.54) is 11.1 Å². The second-order valence-electron chi connectivity index (χ2n) is 7.89. The largest absolute Gasteiger partial charge is 0.379 e. The number of ether oxygens (including phenoxy) is 2. The molecule has 3 aromatic rings. The quantitative estimate of drug-likeness (QED) is 0.165. The van der Waals surface area contributed by atoms with Crippen LogP contribution in [-0.4, -0.2) is 40.7 Å². The number of aryl methyl sites for hydroxylation is 1. The zero-order valence-corrected chi connectivity index (χ0v) is 20.9. The Hall–Kier alpha value is -2.22. The monoisotopic (exact) mass is 502 g/mol. The summed E-state index contributed by atoms with van der Waals surface area (Å²) in [6, 6.07) is 24.9. The van der Waals surface area contributed by atoms with Crippen molar-refractivity contribution in [3.63, 3.8) is 0 Å². The molecule has 1 unspecified atom stereocenters. The molecular weight excluding hydrogens is 472 g/mol. The van der Waals surface area contributed by atoms with Crippen LogP contribution in [-0.2, 0) is 36.6 Å². The Morgan fingerprint density at radius 2 is 1.41 bits per heavy atom. The van der Waals surface area contributed by atoms with E-state index in [4.69, 9.17) is 25.3 Å². The first-order valence-corrected chi connectivity index (χ1v) is 13.3. The van der Waals surface area contributed by atoms with Crippen LogP contribution in [0.3, 0.4) is 0 Å². The van der Waals surface area contributed by atoms with Crippen LogP contribution in [0, 0.1) is 6.92 Å². The third-order valence-corrected chi connectivity index (χ3v) is 7.01. The zero-order valence-electron chi connectivity index (χ0n) is 19.4. The Balaban J connectivity index is 1.51. The summed E-state index contributed by atoms with van der Waals surface area (Å²) in [5, 5.41) is 0. The summed E-state index contributed by atoms with van der Waals surface area (Å²) in [4.78, 5) is 0.0826. The molecule has 182 valence electrons. The third kappa shape index (κ3) is 8.22. The van der Waals surface area contributed by atoms with Crippen molar-refractivity contribution in [1.82, 2.24) is 0 Å². The molecule has 0 amide bonds. The summed E-state index contributed by atoms with van der Waals surface area (Å²) in [5.74, 6) is 0.218. The van der Waals surface area contributed by atoms with Gasteiger partial charge < -0.3 is 9.47 Å². The van der Waals surface area contributed by atoms with Gasteiger partial charge in [-0.3, -0.25) is 4.18 Å². The Morgan fingerprint density at radius 1 is 0.794 bits per heavy atom. The number of halogens is 1. The van der Waals surface area contributed by atoms with E-state index in [0.717, 1.165) is 24.0 Å². The average molecular weight is 503 g/mol. The van der Waals surface area contributed by atoms with Crippen LogP contribution >= 0.6 is 11.6 Å². The van der Waals surface area contributed by atoms with Gasteiger partial charge in [0.15, 0.2) is 0 Å². The van der Waals surface area contributed by atoms with Crippen molar-refractivity contribution >= 4 is 21.7 Å². The van der Waals surface area contributed by atoms with E-state index in [1.807, 2.05) is 67.6 Å². The summed E-state index contributed by atoms with van der Waals surface area (Å²) in [7, 11) is -3.92. The fourth-order valence-electron chi connectivity index (χ4n) is 3.51. The van der Waals surface area contributed by atoms with Gasteiger partial charge in [-0.25, -0.2) is 0 Å². The molecule has 0 saturated heterocycles. The van der Waals surface area contributed by atoms with Gasteiger partial charge in [-0.1, -0.05) is 66.7 Å². The predicted octanol–water partition coefficient (Wildman–Crippen LogP) is 5.50. The first kappa shape index (κ1) is 26.4. The summed E-state index contributed by atoms with van der Waals surface area (Å²) in [6.45, 7) is 3.03. The van der Waals surface area contributed by atoms with Crippen LogP contribution in [0.5, 0.6) is 0 Å². The van der Waals surface area contributed by atoms with Crippen molar-refractivity contribution in [2.24, 2.45) is 0 Å². The van der Waals surface area contributed by atoms with Gasteiger partial charge in [-0.2, -0.15) is 8.42 Å². The molecule has 7 heteroatoms. The van der Waals surface area contributed by atoms with Crippen molar-refractivity contribution in [2.75, 3.05) is 32.3 Å². The molecule has 0 aromatic heterocycles. The molecule has 3 rings (SSSR count). The molecule has 5 nitrogen and oxygen atoms in total. The molecule has 0 fully saturated rings. The molecule has 0 bridgehead atoms. The smallest absolute Gasteiger partial charge is 0.297 e. The maximum Gasteiger partial charge on any atom is 0.297 e. The molecule has 0 aliphatic heterocycles. The van der Waals surface area contributed by atoms with Crippen LogP contribution < -0.4 is 0 Å². The standard InChI is InChI=1S/C27H31ClO5S/c1-22-12-13-25(20-26(22)27(21-28)32-17-15-24-10-6-3-7-11-24)34(29,30)33-19-18-31-16-14-23-8-4-2-5-9-23/h2-13,20,27H,14-19,21H2,1H3. The molecule has 1 atom stereocenters. The second kappa shape index (κ2) is 13.6. The molecule has 0 heterocycles. The lowest BCUT2D eigenvalue weighted by Gasteiger charge is -2.19. The Bertz CT molecular complexity index is 1100. The summed E-state index contributed by atoms with van der Waals surface area (Å²) in [5.41, 5.74) is 3.99. The molecule has 0 radical (unpaired) electrons. The van der Waals surface area contributed by atoms with Crippen LogP contribution in [0.2, 0.25) is 0 Å². The maximum absolute atomic E-state index is 12.7. The Labute approximate surface area is 207 Å². The highest BCUT2D eigenvalue weighted by atomic mass is 35.5. The van der Waals surface area contributed by atoms with E-state index in [0.29, 0.717) is 13.2 Å². The minimum atomic E-state index is -3.92. The van der Waals surface area contributed by atoms with Gasteiger partial charge in [0.05, 0.1) is 43.3 Å². The highest BCUT2D eigenvalue weighted by Crippen LogP contribution is 2.26. The zero-order chi connectivity index (χ0) is 24.2. The van der Waals surface area contributed by atoms with Crippen molar-refractivity contribution in [2.45, 2.75) is 30.8 Å². The fraction of sp³-hybridized carbons (Fsp3) is 0.333. The summed E-state index contributed by atoms with van der Waals surface area (Å²) >= 11 is 6.18. The minimum Gasteiger partial charge on any atom is -0.379 e. The highest BCUT2D eigenvalue weighted by molar-refractivity contribution is 7.86. The topological polar surface area (TPSA) is 61.8 Å². The number of hydrogen-bond acceptors (Lipinski definition) is 5. The number of benzene rings is 3. The van der Waals surface area contributed by atoms with Gasteiger partial charge >= 0.3 is 0 Å². The molecule has 0 aliphatic rings. The number of alkyl halides is 1. The van der Waals surface area contributed by atoms with Crippen molar-refractivity contribution < 1.29 is 22.1 Å². The Morgan fingerprint density at radius 3 is 2.03 bits per heavy atom. The molecule has 0 N–H and O–H groups in total. The van der Waals surface area contributed by atoms with Crippen molar-refractivity contribution in [1.29, 1.82) is 0 Å². The molecule has 0 saturated carbocycles. The van der Waals surface area contributed by atoms with E-state index in [-0.39, 0.29) is 24.0 Å². The maximum atomic E-state index is 12.7. The third-order valence-electron chi connectivity index (χ3n) is 5.42. The highest BCUT2D eigenvalue weighted by Gasteiger charge is 2.20. The fourth-order valence-corrected chi connectivity index (χ4v) is 4.69. The van der Waals surface area contributed by atoms with E-state index in [9.17, 15) is 8.42 Å². The first-order chi connectivity index (χ1) is 16.5. The summed E-state index contributed by atoms with van der Waals surface area (Å²) in [6.07, 6.45) is 1.10. The molecule has 3 aromatic carbocycles. The first-order valence-electron chi connectivity index (χ1n) is 11.3. The van der Waals surface area contributed by atoms with Crippen LogP contribution in [0.15, 0.2) is 83.8 Å². The van der Waals surface area contributed by atoms with Crippen LogP contribution in [0.25, 0.3) is 0 Å². The van der Waals surface area contributed by atoms with Crippen molar-refractivity contribution in [3.8, 4) is 0 Å². The number of rotatable bonds is 14. The molecular formula is C27H31ClO5S. The molecule has 0 spiro atoms. The number of hydrogen-bond donors (Lipinski definition) is 0. The van der Waals surface area contributed by atoms with E-state index < -0.39 is 16.2 Å². The van der Waals surface area contributed by atoms with Gasteiger partial charge in [0.1, 0.15) is 0 Å². The predicted molar refractivity (Wildman–Crippen MR) is 135 cm³/mol. The van der Waals surface area contributed by atoms with E-state index >= 15 is 0 Å². The van der Waals surface area contributed by atoms with Gasteiger partial charge in [-0.05, 0) is 54.2 Å². The lowest BCUT2D eigenvalue weighted by Crippen LogP contribution is -2.14. The SMILES string of the molecule is Cc1ccc(S(=O)(=O)OCCOCCc2ccccc2)cc1C(CCl)OCCc1ccccc1. The van der Waals surface area contributed by atoms with Crippen LogP contribution in [0.1, 0.15) is 28.4 Å². The normalized spacial score (nSPS) is 12.5. The second-order valence-corrected chi connectivity index (χ2v) is 9.82. The van der Waals surface area contributed by atoms with Gasteiger partial charge in [0.2, 0.25) is 0 Å². The van der Waals surface area contributed by atoms with Crippen molar-refractivity contribution in [3.05, 3.63) is 101 Å². The minimum absolute atomic E-state index is 0.0488. The lowest BCUT2D eigenvalue weighted by atomic mass is 10.0. The van der Waals surface area contributed by atoms with Crippen LogP contribution in [0.4, 0.5) is 0 Å². The van der Waals surface area contributed by atoms with E-state index in [1.54, 1.807) is 18.2 Å². The van der Waals surface area contributed by atoms with Gasteiger partial charge in [0, 0.05) is 0 Å². The molecule has 0 aliphatic carbocycles. The van der Waals surface area contributed by atoms with E-state index in [2.05, 4.69) is 0 Å². The van der Waals surface area contributed by atoms with Gasteiger partial charge in [-0.15, -0.1) is 11.6 Å². The van der Waals surface area contributed by atoms with Gasteiger partial charge in [0.25, 0.3) is 10.1 Å². The molecule has 34 heavy (non-hydrogen) atoms.